The molecule has 0 radical (unpaired) electrons. The Bertz CT molecular complexity index is 1500. The van der Waals surface area contributed by atoms with Gasteiger partial charge in [-0.2, -0.15) is 8.78 Å². The van der Waals surface area contributed by atoms with Crippen molar-refractivity contribution >= 4 is 35.0 Å². The van der Waals surface area contributed by atoms with Crippen molar-refractivity contribution in [1.82, 2.24) is 15.3 Å². The number of nitrogens with one attached hydrogen (secondary N) is 2. The highest BCUT2D eigenvalue weighted by atomic mass is 32.1. The summed E-state index contributed by atoms with van der Waals surface area (Å²) < 4.78 is 41.7. The number of amidine groups is 1. The lowest BCUT2D eigenvalue weighted by Crippen LogP contribution is -2.58. The highest BCUT2D eigenvalue weighted by Gasteiger charge is 2.57. The number of aryl methyl sites for hydroxylation is 1. The number of fused-ring (bicyclic) bond motifs is 1. The van der Waals surface area contributed by atoms with Crippen LogP contribution in [0.1, 0.15) is 57.1 Å². The Morgan fingerprint density at radius 2 is 1.98 bits per heavy atom. The van der Waals surface area contributed by atoms with Crippen LogP contribution in [-0.2, 0) is 15.0 Å². The number of amides is 2. The van der Waals surface area contributed by atoms with Gasteiger partial charge in [-0.25, -0.2) is 15.0 Å². The molecule has 3 aliphatic rings. The second-order valence-corrected chi connectivity index (χ2v) is 11.3. The van der Waals surface area contributed by atoms with Crippen LogP contribution in [0.5, 0.6) is 5.75 Å². The van der Waals surface area contributed by atoms with E-state index in [4.69, 9.17) is 19.5 Å². The minimum Gasteiger partial charge on any atom is -0.465 e. The van der Waals surface area contributed by atoms with Crippen LogP contribution >= 0.6 is 11.3 Å². The van der Waals surface area contributed by atoms with E-state index in [-0.39, 0.29) is 47.3 Å². The minimum absolute atomic E-state index is 0.0464. The molecule has 0 bridgehead atoms. The van der Waals surface area contributed by atoms with Gasteiger partial charge in [0, 0.05) is 16.9 Å². The lowest BCUT2D eigenvalue weighted by molar-refractivity contribution is -0.182. The number of carbonyl (C=O) groups excluding carboxylic acids is 2. The van der Waals surface area contributed by atoms with Gasteiger partial charge in [0.2, 0.25) is 0 Å². The second kappa shape index (κ2) is 10.8. The van der Waals surface area contributed by atoms with Gasteiger partial charge in [0.25, 0.3) is 17.8 Å². The fraction of sp³-hybridized carbons (Fsp3) is 0.393. The van der Waals surface area contributed by atoms with Crippen molar-refractivity contribution < 1.29 is 32.6 Å². The molecular weight excluding hydrogens is 556 g/mol. The first-order valence-corrected chi connectivity index (χ1v) is 14.1. The maximum Gasteiger partial charge on any atom is 0.387 e. The van der Waals surface area contributed by atoms with Crippen molar-refractivity contribution in [1.29, 1.82) is 0 Å². The fourth-order valence-corrected chi connectivity index (χ4v) is 6.42. The molecule has 2 amide bonds. The average molecular weight is 584 g/mol. The van der Waals surface area contributed by atoms with Crippen LogP contribution in [0.3, 0.4) is 0 Å². The van der Waals surface area contributed by atoms with Gasteiger partial charge in [-0.05, 0) is 56.4 Å². The van der Waals surface area contributed by atoms with Crippen molar-refractivity contribution in [3.63, 3.8) is 0 Å². The Morgan fingerprint density at radius 1 is 1.17 bits per heavy atom. The van der Waals surface area contributed by atoms with Crippen molar-refractivity contribution in [3.8, 4) is 5.75 Å². The molecule has 2 N–H and O–H groups in total. The van der Waals surface area contributed by atoms with E-state index in [0.717, 1.165) is 31.9 Å². The van der Waals surface area contributed by atoms with E-state index in [1.54, 1.807) is 36.6 Å². The van der Waals surface area contributed by atoms with E-state index >= 15 is 0 Å². The Morgan fingerprint density at radius 3 is 2.68 bits per heavy atom. The topological polar surface area (TPSA) is 124 Å². The number of alkyl halides is 2. The van der Waals surface area contributed by atoms with Crippen molar-refractivity contribution in [2.75, 3.05) is 18.5 Å². The van der Waals surface area contributed by atoms with E-state index < -0.39 is 18.1 Å². The molecular formula is C28H27F2N5O5S. The molecule has 1 aliphatic carbocycles. The Kier molecular flexibility index (Phi) is 7.16. The summed E-state index contributed by atoms with van der Waals surface area (Å²) in [5.74, 6) is -0.779. The third-order valence-electron chi connectivity index (χ3n) is 7.75. The Hall–Kier alpha value is -3.97. The lowest BCUT2D eigenvalue weighted by atomic mass is 9.67. The molecule has 214 valence electrons. The first-order valence-electron chi connectivity index (χ1n) is 13.2. The van der Waals surface area contributed by atoms with Gasteiger partial charge in [-0.15, -0.1) is 11.3 Å². The standard InChI is InChI=1S/C28H27F2N5O5S/c1-16-10-19(40-25(29)30)12-31-21(16)23(37)32-20-14-41-24(33-20)28-15-39-27(8-5-9-27)11-18(28)13-38-26(35-28)34-22(36)17-6-3-2-4-7-17/h2-4,6-7,10,12,14,18,25H,5,8-9,11,13,15H2,1H3,(H,32,37)(H,34,35,36)/t18-,28-/m0/s1. The zero-order valence-corrected chi connectivity index (χ0v) is 22.9. The van der Waals surface area contributed by atoms with E-state index in [2.05, 4.69) is 20.4 Å². The summed E-state index contributed by atoms with van der Waals surface area (Å²) in [6, 6.07) is 10.2. The van der Waals surface area contributed by atoms with Gasteiger partial charge in [-0.3, -0.25) is 14.9 Å². The van der Waals surface area contributed by atoms with Gasteiger partial charge in [0.05, 0.1) is 25.0 Å². The summed E-state index contributed by atoms with van der Waals surface area (Å²) >= 11 is 1.32. The minimum atomic E-state index is -2.99. The van der Waals surface area contributed by atoms with Gasteiger partial charge < -0.3 is 19.5 Å². The monoisotopic (exact) mass is 583 g/mol. The first kappa shape index (κ1) is 27.2. The predicted molar refractivity (Wildman–Crippen MR) is 145 cm³/mol. The number of pyridine rings is 1. The SMILES string of the molecule is Cc1cc(OC(F)F)cnc1C(=O)Nc1csc([C@]23COC4(CCC4)C[C@H]2COC(NC(=O)c2ccccc2)=N3)n1. The maximum absolute atomic E-state index is 13.0. The van der Waals surface area contributed by atoms with Crippen LogP contribution in [0.15, 0.2) is 53.0 Å². The zero-order chi connectivity index (χ0) is 28.6. The number of nitrogens with zero attached hydrogens (tertiary/aromatic N) is 3. The Balaban J connectivity index is 1.25. The highest BCUT2D eigenvalue weighted by molar-refractivity contribution is 7.10. The average Bonchev–Trinajstić information content (AvgIpc) is 3.41. The smallest absolute Gasteiger partial charge is 0.387 e. The highest BCUT2D eigenvalue weighted by Crippen LogP contribution is 2.53. The third-order valence-corrected chi connectivity index (χ3v) is 8.75. The number of ether oxygens (including phenoxy) is 3. The molecule has 13 heteroatoms. The molecule has 10 nitrogen and oxygen atoms in total. The van der Waals surface area contributed by atoms with Crippen LogP contribution in [0.2, 0.25) is 0 Å². The Labute approximate surface area is 238 Å². The van der Waals surface area contributed by atoms with Crippen LogP contribution in [0.4, 0.5) is 14.6 Å². The number of rotatable bonds is 6. The molecule has 0 unspecified atom stereocenters. The molecule has 1 aromatic carbocycles. The van der Waals surface area contributed by atoms with Gasteiger partial charge in [0.1, 0.15) is 27.8 Å². The number of carbonyl (C=O) groups is 2. The molecule has 2 aliphatic heterocycles. The third kappa shape index (κ3) is 5.38. The van der Waals surface area contributed by atoms with E-state index in [1.165, 1.54) is 17.4 Å². The lowest BCUT2D eigenvalue weighted by Gasteiger charge is -2.53. The summed E-state index contributed by atoms with van der Waals surface area (Å²) in [4.78, 5) is 39.3. The van der Waals surface area contributed by atoms with Crippen LogP contribution < -0.4 is 15.4 Å². The second-order valence-electron chi connectivity index (χ2n) is 10.4. The maximum atomic E-state index is 13.0. The summed E-state index contributed by atoms with van der Waals surface area (Å²) in [7, 11) is 0. The molecule has 2 aromatic heterocycles. The van der Waals surface area contributed by atoms with Gasteiger partial charge in [0.15, 0.2) is 0 Å². The molecule has 41 heavy (non-hydrogen) atoms. The number of thiazole rings is 1. The number of aromatic nitrogens is 2. The van der Waals surface area contributed by atoms with Gasteiger partial charge >= 0.3 is 6.61 Å². The molecule has 1 saturated carbocycles. The first-order chi connectivity index (χ1) is 19.8. The quantitative estimate of drug-likeness (QED) is 0.432. The fourth-order valence-electron chi connectivity index (χ4n) is 5.46. The number of hydrogen-bond acceptors (Lipinski definition) is 9. The normalized spacial score (nSPS) is 22.6. The van der Waals surface area contributed by atoms with Gasteiger partial charge in [-0.1, -0.05) is 18.2 Å². The predicted octanol–water partition coefficient (Wildman–Crippen LogP) is 4.67. The van der Waals surface area contributed by atoms with Crippen LogP contribution in [-0.4, -0.2) is 53.2 Å². The van der Waals surface area contributed by atoms with Crippen molar-refractivity contribution in [2.24, 2.45) is 10.9 Å². The van der Waals surface area contributed by atoms with E-state index in [0.29, 0.717) is 22.7 Å². The molecule has 2 fully saturated rings. The number of benzene rings is 1. The summed E-state index contributed by atoms with van der Waals surface area (Å²) in [6.07, 6.45) is 4.88. The molecule has 6 rings (SSSR count). The van der Waals surface area contributed by atoms with Crippen LogP contribution in [0, 0.1) is 12.8 Å². The summed E-state index contributed by atoms with van der Waals surface area (Å²) in [6.45, 7) is -0.820. The molecule has 3 aromatic rings. The number of hydrogen-bond donors (Lipinski definition) is 2. The van der Waals surface area contributed by atoms with Crippen LogP contribution in [0.25, 0.3) is 0 Å². The van der Waals surface area contributed by atoms with E-state index in [9.17, 15) is 18.4 Å². The summed E-state index contributed by atoms with van der Waals surface area (Å²) in [5.41, 5.74) is -0.196. The number of anilines is 1. The molecule has 1 spiro atoms. The number of halogens is 2. The largest absolute Gasteiger partial charge is 0.465 e. The molecule has 2 atom stereocenters. The molecule has 4 heterocycles. The summed E-state index contributed by atoms with van der Waals surface area (Å²) in [5, 5.41) is 7.82. The number of aliphatic imine (C=N–C) groups is 1. The molecule has 1 saturated heterocycles. The zero-order valence-electron chi connectivity index (χ0n) is 22.1. The van der Waals surface area contributed by atoms with Crippen molar-refractivity contribution in [3.05, 3.63) is 69.8 Å². The van der Waals surface area contributed by atoms with Crippen molar-refractivity contribution in [2.45, 2.75) is 50.4 Å². The van der Waals surface area contributed by atoms with E-state index in [1.807, 2.05) is 6.07 Å².